The van der Waals surface area contributed by atoms with E-state index in [2.05, 4.69) is 9.97 Å². The van der Waals surface area contributed by atoms with Crippen molar-refractivity contribution >= 4 is 24.3 Å². The summed E-state index contributed by atoms with van der Waals surface area (Å²) in [6.07, 6.45) is 2.38. The van der Waals surface area contributed by atoms with Gasteiger partial charge in [-0.2, -0.15) is 0 Å². The zero-order chi connectivity index (χ0) is 10.1. The number of fused-ring (bicyclic) bond motifs is 1. The predicted octanol–water partition coefficient (Wildman–Crippen LogP) is 0.279. The highest BCUT2D eigenvalue weighted by molar-refractivity contribution is 6.31. The largest absolute Gasteiger partial charge is 0.322 e. The molecule has 2 radical (unpaired) electrons. The van der Waals surface area contributed by atoms with Crippen LogP contribution in [0.2, 0.25) is 0 Å². The van der Waals surface area contributed by atoms with E-state index in [0.29, 0.717) is 5.59 Å². The minimum absolute atomic E-state index is 0.0504. The van der Waals surface area contributed by atoms with E-state index in [4.69, 9.17) is 7.85 Å². The second-order valence-electron chi connectivity index (χ2n) is 3.17. The number of rotatable bonds is 1. The van der Waals surface area contributed by atoms with Gasteiger partial charge < -0.3 is 4.98 Å². The molecule has 0 aromatic carbocycles. The van der Waals surface area contributed by atoms with Gasteiger partial charge in [0.1, 0.15) is 7.85 Å². The first-order valence-corrected chi connectivity index (χ1v) is 4.48. The van der Waals surface area contributed by atoms with Crippen molar-refractivity contribution in [1.82, 2.24) is 9.97 Å². The minimum Gasteiger partial charge on any atom is -0.322 e. The Morgan fingerprint density at radius 2 is 2.29 bits per heavy atom. The number of nitrogens with one attached hydrogen (secondary N) is 1. The van der Waals surface area contributed by atoms with Gasteiger partial charge in [-0.05, 0) is 24.1 Å². The summed E-state index contributed by atoms with van der Waals surface area (Å²) in [7, 11) is 5.51. The fourth-order valence-corrected chi connectivity index (χ4v) is 1.42. The zero-order valence-electron chi connectivity index (χ0n) is 7.87. The summed E-state index contributed by atoms with van der Waals surface area (Å²) >= 11 is 0. The third-order valence-corrected chi connectivity index (χ3v) is 2.21. The molecule has 2 heterocycles. The van der Waals surface area contributed by atoms with Gasteiger partial charge in [0.15, 0.2) is 0 Å². The van der Waals surface area contributed by atoms with Gasteiger partial charge >= 0.3 is 0 Å². The van der Waals surface area contributed by atoms with Crippen LogP contribution in [0.3, 0.4) is 0 Å². The number of H-pyrrole nitrogens is 1. The molecule has 0 saturated heterocycles. The zero-order valence-corrected chi connectivity index (χ0v) is 7.87. The van der Waals surface area contributed by atoms with Crippen molar-refractivity contribution in [3.63, 3.8) is 0 Å². The lowest BCUT2D eigenvalue weighted by molar-refractivity contribution is 1.08. The Balaban J connectivity index is 2.79. The topological polar surface area (TPSA) is 45.8 Å². The van der Waals surface area contributed by atoms with Gasteiger partial charge in [-0.1, -0.05) is 6.92 Å². The molecule has 0 unspecified atom stereocenters. The molecule has 0 amide bonds. The molecule has 3 nitrogen and oxygen atoms in total. The van der Waals surface area contributed by atoms with E-state index in [1.807, 2.05) is 13.0 Å². The molecule has 0 spiro atoms. The number of aromatic nitrogens is 2. The van der Waals surface area contributed by atoms with Crippen molar-refractivity contribution < 1.29 is 0 Å². The molecule has 2 aromatic heterocycles. The lowest BCUT2D eigenvalue weighted by Crippen LogP contribution is -2.14. The van der Waals surface area contributed by atoms with Gasteiger partial charge in [-0.15, -0.1) is 0 Å². The molecule has 2 aromatic rings. The van der Waals surface area contributed by atoms with E-state index in [9.17, 15) is 4.79 Å². The van der Waals surface area contributed by atoms with Crippen LogP contribution in [0.1, 0.15) is 12.5 Å². The average molecular weight is 184 g/mol. The Labute approximate surface area is 82.6 Å². The van der Waals surface area contributed by atoms with Gasteiger partial charge in [0, 0.05) is 17.1 Å². The standard InChI is InChI=1S/C10H9BN2O/c1-2-6-3-7-5-12-9(11)4-8(7)13-10(6)14/h3-5H,2H2,1H3,(H,13,14). The van der Waals surface area contributed by atoms with Crippen molar-refractivity contribution in [3.8, 4) is 0 Å². The van der Waals surface area contributed by atoms with Crippen molar-refractivity contribution in [2.45, 2.75) is 13.3 Å². The Hall–Kier alpha value is -1.58. The van der Waals surface area contributed by atoms with E-state index in [1.165, 1.54) is 0 Å². The molecule has 14 heavy (non-hydrogen) atoms. The summed E-state index contributed by atoms with van der Waals surface area (Å²) < 4.78 is 0. The summed E-state index contributed by atoms with van der Waals surface area (Å²) in [5.41, 5.74) is 1.87. The van der Waals surface area contributed by atoms with Crippen LogP contribution >= 0.6 is 0 Å². The first-order chi connectivity index (χ1) is 6.70. The fraction of sp³-hybridized carbons (Fsp3) is 0.200. The molecule has 0 aliphatic rings. The molecule has 2 rings (SSSR count). The van der Waals surface area contributed by atoms with Gasteiger partial charge in [0.05, 0.1) is 5.52 Å². The van der Waals surface area contributed by atoms with Crippen molar-refractivity contribution in [1.29, 1.82) is 0 Å². The van der Waals surface area contributed by atoms with Crippen LogP contribution in [-0.4, -0.2) is 17.8 Å². The Morgan fingerprint density at radius 3 is 3.00 bits per heavy atom. The van der Waals surface area contributed by atoms with Crippen LogP contribution in [0.5, 0.6) is 0 Å². The molecule has 68 valence electrons. The number of aromatic amines is 1. The number of aryl methyl sites for hydroxylation is 1. The van der Waals surface area contributed by atoms with E-state index >= 15 is 0 Å². The number of nitrogens with zero attached hydrogens (tertiary/aromatic N) is 1. The smallest absolute Gasteiger partial charge is 0.251 e. The Kier molecular flexibility index (Phi) is 2.12. The SMILES string of the molecule is [B]c1cc2[nH]c(=O)c(CC)cc2cn1. The molecule has 4 heteroatoms. The van der Waals surface area contributed by atoms with Crippen LogP contribution in [0, 0.1) is 0 Å². The van der Waals surface area contributed by atoms with Crippen LogP contribution < -0.4 is 11.2 Å². The van der Waals surface area contributed by atoms with Gasteiger partial charge in [-0.25, -0.2) is 0 Å². The summed E-state index contributed by atoms with van der Waals surface area (Å²) in [5, 5.41) is 0.913. The Morgan fingerprint density at radius 1 is 1.50 bits per heavy atom. The number of pyridine rings is 2. The van der Waals surface area contributed by atoms with Crippen LogP contribution in [0.25, 0.3) is 10.9 Å². The summed E-state index contributed by atoms with van der Waals surface area (Å²) in [6, 6.07) is 3.51. The molecule has 0 aliphatic heterocycles. The predicted molar refractivity (Wildman–Crippen MR) is 57.1 cm³/mol. The third-order valence-electron chi connectivity index (χ3n) is 2.21. The quantitative estimate of drug-likeness (QED) is 0.647. The molecular formula is C10H9BN2O. The van der Waals surface area contributed by atoms with Crippen LogP contribution in [0.15, 0.2) is 23.1 Å². The molecule has 0 bridgehead atoms. The van der Waals surface area contributed by atoms with E-state index in [1.54, 1.807) is 12.3 Å². The second-order valence-corrected chi connectivity index (χ2v) is 3.17. The lowest BCUT2D eigenvalue weighted by Gasteiger charge is -2.01. The molecule has 1 N–H and O–H groups in total. The van der Waals surface area contributed by atoms with E-state index in [0.717, 1.165) is 22.9 Å². The molecule has 0 fully saturated rings. The monoisotopic (exact) mass is 184 g/mol. The first kappa shape index (κ1) is 9.00. The molecular weight excluding hydrogens is 175 g/mol. The maximum Gasteiger partial charge on any atom is 0.251 e. The molecule has 0 atom stereocenters. The highest BCUT2D eigenvalue weighted by Gasteiger charge is 2.00. The maximum atomic E-state index is 11.5. The minimum atomic E-state index is -0.0504. The number of hydrogen-bond donors (Lipinski definition) is 1. The second kappa shape index (κ2) is 3.29. The summed E-state index contributed by atoms with van der Waals surface area (Å²) in [5.74, 6) is 0. The maximum absolute atomic E-state index is 11.5. The van der Waals surface area contributed by atoms with Crippen LogP contribution in [0.4, 0.5) is 0 Å². The molecule has 0 aliphatic carbocycles. The highest BCUT2D eigenvalue weighted by Crippen LogP contribution is 2.07. The van der Waals surface area contributed by atoms with Crippen molar-refractivity contribution in [2.75, 3.05) is 0 Å². The normalized spacial score (nSPS) is 10.6. The average Bonchev–Trinajstić information content (AvgIpc) is 2.16. The summed E-state index contributed by atoms with van der Waals surface area (Å²) in [6.45, 7) is 1.95. The van der Waals surface area contributed by atoms with E-state index in [-0.39, 0.29) is 5.56 Å². The fourth-order valence-electron chi connectivity index (χ4n) is 1.42. The van der Waals surface area contributed by atoms with Gasteiger partial charge in [0.25, 0.3) is 5.56 Å². The molecule has 0 saturated carbocycles. The van der Waals surface area contributed by atoms with Gasteiger partial charge in [-0.3, -0.25) is 9.78 Å². The first-order valence-electron chi connectivity index (χ1n) is 4.48. The van der Waals surface area contributed by atoms with Crippen molar-refractivity contribution in [3.05, 3.63) is 34.2 Å². The van der Waals surface area contributed by atoms with E-state index < -0.39 is 0 Å². The Bertz CT molecular complexity index is 533. The van der Waals surface area contributed by atoms with Crippen molar-refractivity contribution in [2.24, 2.45) is 0 Å². The van der Waals surface area contributed by atoms with Gasteiger partial charge in [0.2, 0.25) is 0 Å². The third kappa shape index (κ3) is 1.43. The lowest BCUT2D eigenvalue weighted by atomic mass is 10.0. The summed E-state index contributed by atoms with van der Waals surface area (Å²) in [4.78, 5) is 18.2. The number of hydrogen-bond acceptors (Lipinski definition) is 2. The van der Waals surface area contributed by atoms with Crippen LogP contribution in [-0.2, 0) is 6.42 Å². The highest BCUT2D eigenvalue weighted by atomic mass is 16.1.